The van der Waals surface area contributed by atoms with Crippen LogP contribution in [0.1, 0.15) is 24.2 Å². The number of halogens is 2. The van der Waals surface area contributed by atoms with E-state index in [4.69, 9.17) is 4.74 Å². The molecule has 128 valence electrons. The highest BCUT2D eigenvalue weighted by molar-refractivity contribution is 5.77. The number of rotatable bonds is 6. The number of aliphatic hydroxyl groups is 1. The van der Waals surface area contributed by atoms with Crippen molar-refractivity contribution in [2.24, 2.45) is 0 Å². The lowest BCUT2D eigenvalue weighted by atomic mass is 10.0. The van der Waals surface area contributed by atoms with Crippen molar-refractivity contribution in [1.29, 1.82) is 0 Å². The van der Waals surface area contributed by atoms with Crippen LogP contribution in [0, 0.1) is 18.6 Å². The van der Waals surface area contributed by atoms with Crippen LogP contribution in [0.15, 0.2) is 42.5 Å². The third-order valence-corrected chi connectivity index (χ3v) is 3.51. The molecule has 0 aliphatic carbocycles. The number of benzene rings is 2. The molecule has 2 rings (SSSR count). The molecule has 0 radical (unpaired) electrons. The summed E-state index contributed by atoms with van der Waals surface area (Å²) in [5.41, 5.74) is 1.19. The van der Waals surface area contributed by atoms with Gasteiger partial charge in [-0.1, -0.05) is 18.2 Å². The number of hydrogen-bond donors (Lipinski definition) is 2. The Morgan fingerprint density at radius 2 is 1.96 bits per heavy atom. The summed E-state index contributed by atoms with van der Waals surface area (Å²) in [6, 6.07) is 9.69. The Kier molecular flexibility index (Phi) is 5.87. The zero-order chi connectivity index (χ0) is 17.7. The van der Waals surface area contributed by atoms with E-state index >= 15 is 0 Å². The van der Waals surface area contributed by atoms with Gasteiger partial charge in [-0.05, 0) is 49.2 Å². The molecular formula is C18H19F2NO3. The summed E-state index contributed by atoms with van der Waals surface area (Å²) in [7, 11) is 0. The molecular weight excluding hydrogens is 316 g/mol. The average Bonchev–Trinajstić information content (AvgIpc) is 2.55. The third-order valence-electron chi connectivity index (χ3n) is 3.51. The van der Waals surface area contributed by atoms with Crippen LogP contribution in [-0.4, -0.2) is 23.7 Å². The van der Waals surface area contributed by atoms with Crippen molar-refractivity contribution in [1.82, 2.24) is 5.32 Å². The van der Waals surface area contributed by atoms with E-state index in [9.17, 15) is 18.7 Å². The summed E-state index contributed by atoms with van der Waals surface area (Å²) in [4.78, 5) is 11.9. The number of hydrogen-bond acceptors (Lipinski definition) is 3. The first-order chi connectivity index (χ1) is 11.4. The summed E-state index contributed by atoms with van der Waals surface area (Å²) >= 11 is 0. The predicted octanol–water partition coefficient (Wildman–Crippen LogP) is 2.89. The summed E-state index contributed by atoms with van der Waals surface area (Å²) in [6.07, 6.45) is -1.16. The summed E-state index contributed by atoms with van der Waals surface area (Å²) in [5.74, 6) is -1.90. The lowest BCUT2D eigenvalue weighted by Gasteiger charge is -2.21. The van der Waals surface area contributed by atoms with E-state index < -0.39 is 29.7 Å². The van der Waals surface area contributed by atoms with Crippen LogP contribution in [0.2, 0.25) is 0 Å². The fraction of sp³-hybridized carbons (Fsp3) is 0.278. The zero-order valence-corrected chi connectivity index (χ0v) is 13.4. The maximum atomic E-state index is 13.2. The molecule has 4 nitrogen and oxygen atoms in total. The van der Waals surface area contributed by atoms with E-state index in [0.717, 1.165) is 17.7 Å². The Labute approximate surface area is 139 Å². The normalized spacial score (nSPS) is 13.2. The van der Waals surface area contributed by atoms with Crippen LogP contribution in [0.3, 0.4) is 0 Å². The molecule has 0 saturated heterocycles. The topological polar surface area (TPSA) is 58.6 Å². The molecule has 2 unspecified atom stereocenters. The van der Waals surface area contributed by atoms with Crippen LogP contribution in [0.5, 0.6) is 5.75 Å². The maximum Gasteiger partial charge on any atom is 0.258 e. The molecule has 6 heteroatoms. The Bertz CT molecular complexity index is 721. The first-order valence-electron chi connectivity index (χ1n) is 7.48. The standard InChI is InChI=1S/C18H19F2NO3/c1-11-4-3-5-14(8-11)24-10-17(22)21-12(2)18(23)13-6-7-15(19)16(20)9-13/h3-9,12,18,23H,10H2,1-2H3,(H,21,22). The van der Waals surface area contributed by atoms with Crippen LogP contribution in [0.4, 0.5) is 8.78 Å². The first-order valence-corrected chi connectivity index (χ1v) is 7.48. The van der Waals surface area contributed by atoms with Crippen molar-refractivity contribution in [3.8, 4) is 5.75 Å². The fourth-order valence-electron chi connectivity index (χ4n) is 2.21. The van der Waals surface area contributed by atoms with Crippen molar-refractivity contribution in [2.45, 2.75) is 26.0 Å². The predicted molar refractivity (Wildman–Crippen MR) is 85.6 cm³/mol. The van der Waals surface area contributed by atoms with Gasteiger partial charge in [0.15, 0.2) is 18.2 Å². The number of nitrogens with one attached hydrogen (secondary N) is 1. The second kappa shape index (κ2) is 7.88. The lowest BCUT2D eigenvalue weighted by Crippen LogP contribution is -2.39. The van der Waals surface area contributed by atoms with Crippen molar-refractivity contribution in [3.63, 3.8) is 0 Å². The van der Waals surface area contributed by atoms with E-state index in [0.29, 0.717) is 5.75 Å². The van der Waals surface area contributed by atoms with E-state index in [1.165, 1.54) is 6.07 Å². The van der Waals surface area contributed by atoms with Gasteiger partial charge in [-0.15, -0.1) is 0 Å². The summed E-state index contributed by atoms with van der Waals surface area (Å²) in [6.45, 7) is 3.27. The molecule has 24 heavy (non-hydrogen) atoms. The molecule has 0 aliphatic rings. The molecule has 1 amide bonds. The monoisotopic (exact) mass is 335 g/mol. The van der Waals surface area contributed by atoms with Crippen molar-refractivity contribution >= 4 is 5.91 Å². The molecule has 0 heterocycles. The van der Waals surface area contributed by atoms with Gasteiger partial charge in [-0.2, -0.15) is 0 Å². The Morgan fingerprint density at radius 3 is 2.62 bits per heavy atom. The van der Waals surface area contributed by atoms with Gasteiger partial charge < -0.3 is 15.2 Å². The largest absolute Gasteiger partial charge is 0.484 e. The van der Waals surface area contributed by atoms with Gasteiger partial charge in [-0.25, -0.2) is 8.78 Å². The van der Waals surface area contributed by atoms with Gasteiger partial charge >= 0.3 is 0 Å². The molecule has 0 aliphatic heterocycles. The minimum Gasteiger partial charge on any atom is -0.484 e. The summed E-state index contributed by atoms with van der Waals surface area (Å²) in [5, 5.41) is 12.7. The Hall–Kier alpha value is -2.47. The second-order valence-electron chi connectivity index (χ2n) is 5.58. The molecule has 2 atom stereocenters. The molecule has 0 fully saturated rings. The Balaban J connectivity index is 1.89. The van der Waals surface area contributed by atoms with E-state index in [-0.39, 0.29) is 12.2 Å². The maximum absolute atomic E-state index is 13.2. The van der Waals surface area contributed by atoms with E-state index in [1.807, 2.05) is 19.1 Å². The van der Waals surface area contributed by atoms with Gasteiger partial charge in [0.05, 0.1) is 12.1 Å². The zero-order valence-electron chi connectivity index (χ0n) is 13.4. The molecule has 0 bridgehead atoms. The van der Waals surface area contributed by atoms with Crippen LogP contribution >= 0.6 is 0 Å². The molecule has 2 N–H and O–H groups in total. The number of carbonyl (C=O) groups is 1. The van der Waals surface area contributed by atoms with E-state index in [1.54, 1.807) is 19.1 Å². The smallest absolute Gasteiger partial charge is 0.258 e. The Morgan fingerprint density at radius 1 is 1.21 bits per heavy atom. The highest BCUT2D eigenvalue weighted by Gasteiger charge is 2.20. The van der Waals surface area contributed by atoms with Gasteiger partial charge in [0.1, 0.15) is 5.75 Å². The SMILES string of the molecule is Cc1cccc(OCC(=O)NC(C)C(O)c2ccc(F)c(F)c2)c1. The number of carbonyl (C=O) groups excluding carboxylic acids is 1. The minimum atomic E-state index is -1.16. The molecule has 0 saturated carbocycles. The van der Waals surface area contributed by atoms with Gasteiger partial charge in [-0.3, -0.25) is 4.79 Å². The number of aryl methyl sites for hydroxylation is 1. The lowest BCUT2D eigenvalue weighted by molar-refractivity contribution is -0.124. The molecule has 0 aromatic heterocycles. The van der Waals surface area contributed by atoms with Crippen molar-refractivity contribution in [3.05, 3.63) is 65.2 Å². The third kappa shape index (κ3) is 4.76. The van der Waals surface area contributed by atoms with Crippen LogP contribution in [0.25, 0.3) is 0 Å². The highest BCUT2D eigenvalue weighted by Crippen LogP contribution is 2.19. The molecule has 2 aromatic carbocycles. The van der Waals surface area contributed by atoms with Crippen LogP contribution < -0.4 is 10.1 Å². The number of aliphatic hydroxyl groups excluding tert-OH is 1. The van der Waals surface area contributed by atoms with Gasteiger partial charge in [0.25, 0.3) is 5.91 Å². The quantitative estimate of drug-likeness (QED) is 0.853. The van der Waals surface area contributed by atoms with Crippen molar-refractivity contribution < 1.29 is 23.4 Å². The molecule has 0 spiro atoms. The average molecular weight is 335 g/mol. The van der Waals surface area contributed by atoms with Crippen molar-refractivity contribution in [2.75, 3.05) is 6.61 Å². The minimum absolute atomic E-state index is 0.182. The van der Waals surface area contributed by atoms with Gasteiger partial charge in [0.2, 0.25) is 0 Å². The van der Waals surface area contributed by atoms with Gasteiger partial charge in [0, 0.05) is 0 Å². The highest BCUT2D eigenvalue weighted by atomic mass is 19.2. The van der Waals surface area contributed by atoms with E-state index in [2.05, 4.69) is 5.32 Å². The first kappa shape index (κ1) is 17.9. The number of ether oxygens (including phenoxy) is 1. The number of amides is 1. The van der Waals surface area contributed by atoms with Crippen LogP contribution in [-0.2, 0) is 4.79 Å². The molecule has 2 aromatic rings. The fourth-order valence-corrected chi connectivity index (χ4v) is 2.21. The second-order valence-corrected chi connectivity index (χ2v) is 5.58. The summed E-state index contributed by atoms with van der Waals surface area (Å²) < 4.78 is 31.5.